The monoisotopic (exact) mass is 361 g/mol. The number of methoxy groups -OCH3 is 3. The summed E-state index contributed by atoms with van der Waals surface area (Å²) in [6, 6.07) is 3.46. The first-order valence-electron chi connectivity index (χ1n) is 8.52. The first kappa shape index (κ1) is 21.3. The quantitative estimate of drug-likeness (QED) is 0.752. The number of hydrogen-bond acceptors (Lipinski definition) is 5. The highest BCUT2D eigenvalue weighted by atomic mass is 16.5. The third-order valence-corrected chi connectivity index (χ3v) is 3.76. The molecule has 0 unspecified atom stereocenters. The van der Waals surface area contributed by atoms with Crippen LogP contribution in [0.15, 0.2) is 29.9 Å². The standard InChI is InChI=1S/C18H21NO5.C2H6/c1-12-6-5-9-19(18(12)21)16(20)8-7-13-10-14(22-2)17(24-4)15(11-13)23-3;1-2/h6-8,10-11H,5,9H2,1-4H3;1-2H3/b8-7+;. The SMILES string of the molecule is CC.COc1cc(/C=C/C(=O)N2CCC=C(C)C2=O)cc(OC)c1OC. The van der Waals surface area contributed by atoms with Crippen LogP contribution in [0, 0.1) is 0 Å². The molecule has 6 heteroatoms. The lowest BCUT2D eigenvalue weighted by Crippen LogP contribution is -2.39. The van der Waals surface area contributed by atoms with Crippen LogP contribution in [0.2, 0.25) is 0 Å². The van der Waals surface area contributed by atoms with E-state index in [9.17, 15) is 9.59 Å². The second-order valence-electron chi connectivity index (χ2n) is 5.26. The van der Waals surface area contributed by atoms with E-state index in [0.717, 1.165) is 0 Å². The van der Waals surface area contributed by atoms with Gasteiger partial charge < -0.3 is 14.2 Å². The Kier molecular flexibility index (Phi) is 8.42. The van der Waals surface area contributed by atoms with E-state index in [1.54, 1.807) is 25.1 Å². The van der Waals surface area contributed by atoms with Crippen molar-refractivity contribution in [2.75, 3.05) is 27.9 Å². The molecule has 0 saturated carbocycles. The van der Waals surface area contributed by atoms with E-state index in [1.807, 2.05) is 19.9 Å². The Morgan fingerprint density at radius 2 is 1.65 bits per heavy atom. The van der Waals surface area contributed by atoms with Crippen molar-refractivity contribution < 1.29 is 23.8 Å². The summed E-state index contributed by atoms with van der Waals surface area (Å²) >= 11 is 0. The van der Waals surface area contributed by atoms with Crippen LogP contribution in [0.1, 0.15) is 32.8 Å². The van der Waals surface area contributed by atoms with Gasteiger partial charge in [-0.1, -0.05) is 19.9 Å². The van der Waals surface area contributed by atoms with Gasteiger partial charge >= 0.3 is 0 Å². The molecule has 1 aromatic rings. The van der Waals surface area contributed by atoms with Crippen LogP contribution < -0.4 is 14.2 Å². The summed E-state index contributed by atoms with van der Waals surface area (Å²) in [6.07, 6.45) is 5.52. The molecule has 2 rings (SSSR count). The average Bonchev–Trinajstić information content (AvgIpc) is 2.68. The maximum atomic E-state index is 12.3. The minimum atomic E-state index is -0.346. The van der Waals surface area contributed by atoms with Gasteiger partial charge in [0.15, 0.2) is 11.5 Å². The highest BCUT2D eigenvalue weighted by molar-refractivity contribution is 6.09. The fourth-order valence-electron chi connectivity index (χ4n) is 2.48. The van der Waals surface area contributed by atoms with Gasteiger partial charge in [-0.05, 0) is 37.1 Å². The molecular weight excluding hydrogens is 334 g/mol. The molecule has 0 aromatic heterocycles. The molecule has 0 radical (unpaired) electrons. The van der Waals surface area contributed by atoms with E-state index in [4.69, 9.17) is 14.2 Å². The summed E-state index contributed by atoms with van der Waals surface area (Å²) in [5.41, 5.74) is 1.30. The molecule has 0 fully saturated rings. The summed E-state index contributed by atoms with van der Waals surface area (Å²) in [5, 5.41) is 0. The molecule has 26 heavy (non-hydrogen) atoms. The number of ether oxygens (including phenoxy) is 3. The first-order chi connectivity index (χ1) is 12.5. The Hall–Kier alpha value is -2.76. The minimum absolute atomic E-state index is 0.249. The molecule has 1 aliphatic heterocycles. The number of carbonyl (C=O) groups excluding carboxylic acids is 2. The fraction of sp³-hybridized carbons (Fsp3) is 0.400. The summed E-state index contributed by atoms with van der Waals surface area (Å²) in [7, 11) is 4.58. The third kappa shape index (κ3) is 4.88. The van der Waals surface area contributed by atoms with Gasteiger partial charge in [0.2, 0.25) is 5.75 Å². The third-order valence-electron chi connectivity index (χ3n) is 3.76. The molecule has 0 saturated heterocycles. The number of imide groups is 1. The van der Waals surface area contributed by atoms with Gasteiger partial charge in [-0.15, -0.1) is 0 Å². The lowest BCUT2D eigenvalue weighted by molar-refractivity contribution is -0.139. The molecule has 1 aliphatic rings. The highest BCUT2D eigenvalue weighted by Gasteiger charge is 2.23. The van der Waals surface area contributed by atoms with Gasteiger partial charge in [0.1, 0.15) is 0 Å². The van der Waals surface area contributed by atoms with Gasteiger partial charge in [-0.2, -0.15) is 0 Å². The summed E-state index contributed by atoms with van der Waals surface area (Å²) < 4.78 is 15.8. The van der Waals surface area contributed by atoms with Crippen molar-refractivity contribution in [2.24, 2.45) is 0 Å². The second kappa shape index (κ2) is 10.3. The Balaban J connectivity index is 0.00000163. The Morgan fingerprint density at radius 3 is 2.15 bits per heavy atom. The van der Waals surface area contributed by atoms with Crippen LogP contribution in [-0.2, 0) is 9.59 Å². The van der Waals surface area contributed by atoms with Crippen LogP contribution in [0.3, 0.4) is 0 Å². The van der Waals surface area contributed by atoms with Crippen molar-refractivity contribution in [1.82, 2.24) is 4.90 Å². The second-order valence-corrected chi connectivity index (χ2v) is 5.26. The van der Waals surface area contributed by atoms with Crippen molar-refractivity contribution in [1.29, 1.82) is 0 Å². The van der Waals surface area contributed by atoms with E-state index < -0.39 is 0 Å². The normalized spacial score (nSPS) is 13.7. The van der Waals surface area contributed by atoms with Crippen molar-refractivity contribution in [3.05, 3.63) is 35.4 Å². The predicted molar refractivity (Wildman–Crippen MR) is 102 cm³/mol. The van der Waals surface area contributed by atoms with Crippen molar-refractivity contribution in [2.45, 2.75) is 27.2 Å². The maximum Gasteiger partial charge on any atom is 0.256 e. The maximum absolute atomic E-state index is 12.3. The summed E-state index contributed by atoms with van der Waals surface area (Å²) in [4.78, 5) is 25.5. The molecule has 0 bridgehead atoms. The Labute approximate surface area is 155 Å². The van der Waals surface area contributed by atoms with Crippen LogP contribution in [0.4, 0.5) is 0 Å². The number of rotatable bonds is 5. The first-order valence-corrected chi connectivity index (χ1v) is 8.52. The number of nitrogens with zero attached hydrogens (tertiary/aromatic N) is 1. The Morgan fingerprint density at radius 1 is 1.08 bits per heavy atom. The van der Waals surface area contributed by atoms with Crippen molar-refractivity contribution in [3.8, 4) is 17.2 Å². The van der Waals surface area contributed by atoms with E-state index in [1.165, 1.54) is 32.3 Å². The molecule has 0 aliphatic carbocycles. The lowest BCUT2D eigenvalue weighted by atomic mass is 10.1. The Bertz CT molecular complexity index is 681. The average molecular weight is 361 g/mol. The highest BCUT2D eigenvalue weighted by Crippen LogP contribution is 2.38. The number of carbonyl (C=O) groups is 2. The molecule has 0 N–H and O–H groups in total. The predicted octanol–water partition coefficient (Wildman–Crippen LogP) is 3.46. The van der Waals surface area contributed by atoms with Gasteiger partial charge in [-0.3, -0.25) is 14.5 Å². The molecule has 0 atom stereocenters. The smallest absolute Gasteiger partial charge is 0.256 e. The minimum Gasteiger partial charge on any atom is -0.493 e. The summed E-state index contributed by atoms with van der Waals surface area (Å²) in [6.45, 7) is 6.11. The van der Waals surface area contributed by atoms with E-state index >= 15 is 0 Å². The lowest BCUT2D eigenvalue weighted by Gasteiger charge is -2.22. The van der Waals surface area contributed by atoms with E-state index in [-0.39, 0.29) is 11.8 Å². The molecule has 2 amide bonds. The molecule has 0 spiro atoms. The molecular formula is C20H27NO5. The molecule has 1 heterocycles. The molecule has 6 nitrogen and oxygen atoms in total. The largest absolute Gasteiger partial charge is 0.493 e. The van der Waals surface area contributed by atoms with E-state index in [2.05, 4.69) is 0 Å². The number of hydrogen-bond donors (Lipinski definition) is 0. The molecule has 142 valence electrons. The number of amides is 2. The zero-order chi connectivity index (χ0) is 19.7. The molecule has 1 aromatic carbocycles. The van der Waals surface area contributed by atoms with Crippen LogP contribution in [-0.4, -0.2) is 44.6 Å². The van der Waals surface area contributed by atoms with E-state index in [0.29, 0.717) is 41.4 Å². The topological polar surface area (TPSA) is 65.1 Å². The van der Waals surface area contributed by atoms with Gasteiger partial charge in [0.05, 0.1) is 21.3 Å². The van der Waals surface area contributed by atoms with Crippen molar-refractivity contribution in [3.63, 3.8) is 0 Å². The van der Waals surface area contributed by atoms with Gasteiger partial charge in [0.25, 0.3) is 11.8 Å². The van der Waals surface area contributed by atoms with Gasteiger partial charge in [-0.25, -0.2) is 0 Å². The number of benzene rings is 1. The van der Waals surface area contributed by atoms with Crippen LogP contribution >= 0.6 is 0 Å². The van der Waals surface area contributed by atoms with Crippen LogP contribution in [0.5, 0.6) is 17.2 Å². The zero-order valence-electron chi connectivity index (χ0n) is 16.3. The van der Waals surface area contributed by atoms with Gasteiger partial charge in [0, 0.05) is 18.2 Å². The van der Waals surface area contributed by atoms with Crippen molar-refractivity contribution >= 4 is 17.9 Å². The van der Waals surface area contributed by atoms with Crippen LogP contribution in [0.25, 0.3) is 6.08 Å². The summed E-state index contributed by atoms with van der Waals surface area (Å²) in [5.74, 6) is 0.881. The fourth-order valence-corrected chi connectivity index (χ4v) is 2.48. The zero-order valence-corrected chi connectivity index (χ0v) is 16.3.